The molecule has 0 radical (unpaired) electrons. The molecule has 1 heterocycles. The first-order chi connectivity index (χ1) is 19.1. The van der Waals surface area contributed by atoms with Crippen LogP contribution < -0.4 is 24.4 Å². The van der Waals surface area contributed by atoms with Crippen LogP contribution in [0.4, 0.5) is 24.5 Å². The number of hydrogen-bond donors (Lipinski definition) is 1. The molecule has 0 aliphatic carbocycles. The Kier molecular flexibility index (Phi) is 9.00. The zero-order valence-electron chi connectivity index (χ0n) is 21.3. The normalized spacial score (nSPS) is 14.4. The van der Waals surface area contributed by atoms with Crippen LogP contribution in [-0.4, -0.2) is 36.5 Å². The van der Waals surface area contributed by atoms with E-state index in [0.717, 1.165) is 17.8 Å². The smallest absolute Gasteiger partial charge is 0.418 e. The quantitative estimate of drug-likeness (QED) is 0.225. The van der Waals surface area contributed by atoms with E-state index in [1.807, 2.05) is 0 Å². The Morgan fingerprint density at radius 3 is 2.45 bits per heavy atom. The molecule has 0 aromatic heterocycles. The van der Waals surface area contributed by atoms with Gasteiger partial charge in [0.15, 0.2) is 22.4 Å². The van der Waals surface area contributed by atoms with Gasteiger partial charge >= 0.3 is 6.18 Å². The van der Waals surface area contributed by atoms with Crippen LogP contribution in [0.1, 0.15) is 18.1 Å². The number of methoxy groups -OCH3 is 1. The second-order valence-electron chi connectivity index (χ2n) is 8.23. The van der Waals surface area contributed by atoms with Crippen LogP contribution in [0.5, 0.6) is 17.2 Å². The van der Waals surface area contributed by atoms with Gasteiger partial charge in [-0.1, -0.05) is 42.2 Å². The zero-order chi connectivity index (χ0) is 28.9. The predicted octanol–water partition coefficient (Wildman–Crippen LogP) is 6.54. The molecule has 0 atom stereocenters. The van der Waals surface area contributed by atoms with Crippen molar-refractivity contribution >= 4 is 57.6 Å². The first-order valence-corrected chi connectivity index (χ1v) is 13.1. The van der Waals surface area contributed by atoms with Gasteiger partial charge in [0.05, 0.1) is 35.6 Å². The third kappa shape index (κ3) is 6.75. The summed E-state index contributed by atoms with van der Waals surface area (Å²) in [5, 5.41) is 2.23. The number of anilines is 2. The van der Waals surface area contributed by atoms with E-state index in [9.17, 15) is 22.8 Å². The van der Waals surface area contributed by atoms with Gasteiger partial charge in [-0.25, -0.2) is 0 Å². The molecule has 0 unspecified atom stereocenters. The van der Waals surface area contributed by atoms with Gasteiger partial charge in [-0.2, -0.15) is 13.2 Å². The SMILES string of the molecule is CCOc1cc(/C=C2\SC(=S)N(c3ccc(OC)cc3)C2=O)ccc1OCC(=O)Nc1ccccc1C(F)(F)F. The van der Waals surface area contributed by atoms with Crippen molar-refractivity contribution in [3.63, 3.8) is 0 Å². The fourth-order valence-corrected chi connectivity index (χ4v) is 5.04. The Balaban J connectivity index is 1.47. The van der Waals surface area contributed by atoms with E-state index in [1.54, 1.807) is 62.6 Å². The first-order valence-electron chi connectivity index (χ1n) is 11.9. The Labute approximate surface area is 237 Å². The van der Waals surface area contributed by atoms with E-state index in [4.69, 9.17) is 26.4 Å². The third-order valence-corrected chi connectivity index (χ3v) is 6.86. The molecular weight excluding hydrogens is 565 g/mol. The maximum absolute atomic E-state index is 13.2. The Morgan fingerprint density at radius 2 is 1.77 bits per heavy atom. The molecule has 1 saturated heterocycles. The van der Waals surface area contributed by atoms with Crippen LogP contribution in [-0.2, 0) is 15.8 Å². The van der Waals surface area contributed by atoms with Gasteiger partial charge < -0.3 is 19.5 Å². The van der Waals surface area contributed by atoms with E-state index in [-0.39, 0.29) is 24.0 Å². The summed E-state index contributed by atoms with van der Waals surface area (Å²) in [6.45, 7) is 1.49. The summed E-state index contributed by atoms with van der Waals surface area (Å²) in [4.78, 5) is 27.3. The largest absolute Gasteiger partial charge is 0.497 e. The Morgan fingerprint density at radius 1 is 1.05 bits per heavy atom. The molecule has 0 saturated carbocycles. The predicted molar refractivity (Wildman–Crippen MR) is 152 cm³/mol. The van der Waals surface area contributed by atoms with Crippen LogP contribution in [0.25, 0.3) is 6.08 Å². The van der Waals surface area contributed by atoms with Crippen molar-refractivity contribution in [2.45, 2.75) is 13.1 Å². The van der Waals surface area contributed by atoms with E-state index in [1.165, 1.54) is 23.1 Å². The van der Waals surface area contributed by atoms with Gasteiger partial charge in [0.2, 0.25) is 0 Å². The van der Waals surface area contributed by atoms with Crippen molar-refractivity contribution in [3.8, 4) is 17.2 Å². The number of thioether (sulfide) groups is 1. The molecule has 1 aliphatic heterocycles. The lowest BCUT2D eigenvalue weighted by Gasteiger charge is -2.15. The van der Waals surface area contributed by atoms with Crippen molar-refractivity contribution in [1.29, 1.82) is 0 Å². The minimum Gasteiger partial charge on any atom is -0.497 e. The molecule has 1 aliphatic rings. The summed E-state index contributed by atoms with van der Waals surface area (Å²) in [7, 11) is 1.55. The Hall–Kier alpha value is -4.03. The third-order valence-electron chi connectivity index (χ3n) is 5.56. The lowest BCUT2D eigenvalue weighted by molar-refractivity contribution is -0.137. The number of rotatable bonds is 9. The van der Waals surface area contributed by atoms with Crippen molar-refractivity contribution in [2.24, 2.45) is 0 Å². The van der Waals surface area contributed by atoms with E-state index in [0.29, 0.717) is 32.0 Å². The van der Waals surface area contributed by atoms with Crippen LogP contribution in [0, 0.1) is 0 Å². The summed E-state index contributed by atoms with van der Waals surface area (Å²) in [5.41, 5.74) is -0.0905. The monoisotopic (exact) mass is 588 g/mol. The number of thiocarbonyl (C=S) groups is 1. The van der Waals surface area contributed by atoms with E-state index in [2.05, 4.69) is 5.32 Å². The number of ether oxygens (including phenoxy) is 3. The molecule has 0 spiro atoms. The van der Waals surface area contributed by atoms with Gasteiger partial charge in [-0.05, 0) is 67.1 Å². The summed E-state index contributed by atoms with van der Waals surface area (Å²) in [6, 6.07) is 16.5. The summed E-state index contributed by atoms with van der Waals surface area (Å²) >= 11 is 6.58. The van der Waals surface area contributed by atoms with Gasteiger partial charge in [-0.3, -0.25) is 14.5 Å². The second kappa shape index (κ2) is 12.4. The first kappa shape index (κ1) is 29.0. The molecule has 208 valence electrons. The van der Waals surface area contributed by atoms with Gasteiger partial charge in [-0.15, -0.1) is 0 Å². The highest BCUT2D eigenvalue weighted by molar-refractivity contribution is 8.27. The number of nitrogens with one attached hydrogen (secondary N) is 1. The molecular formula is C28H23F3N2O5S2. The zero-order valence-corrected chi connectivity index (χ0v) is 22.9. The average molecular weight is 589 g/mol. The number of benzene rings is 3. The number of amides is 2. The lowest BCUT2D eigenvalue weighted by atomic mass is 10.1. The highest BCUT2D eigenvalue weighted by atomic mass is 32.2. The molecule has 3 aromatic carbocycles. The standard InChI is InChI=1S/C28H23F3N2O5S2/c1-3-37-23-14-17(15-24-26(35)33(27(39)40-24)18-9-11-19(36-2)12-10-18)8-13-22(23)38-16-25(34)32-21-7-5-4-6-20(21)28(29,30)31/h4-15H,3,16H2,1-2H3,(H,32,34)/b24-15-. The van der Waals surface area contributed by atoms with E-state index < -0.39 is 24.3 Å². The van der Waals surface area contributed by atoms with Crippen molar-refractivity contribution in [2.75, 3.05) is 30.5 Å². The van der Waals surface area contributed by atoms with Crippen LogP contribution in [0.15, 0.2) is 71.6 Å². The van der Waals surface area contributed by atoms with Gasteiger partial charge in [0.1, 0.15) is 5.75 Å². The maximum Gasteiger partial charge on any atom is 0.418 e. The van der Waals surface area contributed by atoms with Gasteiger partial charge in [0.25, 0.3) is 11.8 Å². The molecule has 0 bridgehead atoms. The molecule has 4 rings (SSSR count). The molecule has 2 amide bonds. The summed E-state index contributed by atoms with van der Waals surface area (Å²) in [5.74, 6) is 0.105. The number of carbonyl (C=O) groups is 2. The molecule has 3 aromatic rings. The number of para-hydroxylation sites is 1. The topological polar surface area (TPSA) is 77.1 Å². The Bertz CT molecular complexity index is 1460. The fourth-order valence-electron chi connectivity index (χ4n) is 3.74. The molecule has 1 fully saturated rings. The molecule has 1 N–H and O–H groups in total. The van der Waals surface area contributed by atoms with Gasteiger partial charge in [0, 0.05) is 0 Å². The van der Waals surface area contributed by atoms with Crippen LogP contribution >= 0.6 is 24.0 Å². The van der Waals surface area contributed by atoms with Crippen molar-refractivity contribution in [3.05, 3.63) is 82.8 Å². The number of nitrogens with zero attached hydrogens (tertiary/aromatic N) is 1. The van der Waals surface area contributed by atoms with E-state index >= 15 is 0 Å². The number of alkyl halides is 3. The summed E-state index contributed by atoms with van der Waals surface area (Å²) < 4.78 is 56.4. The lowest BCUT2D eigenvalue weighted by Crippen LogP contribution is -2.27. The highest BCUT2D eigenvalue weighted by Crippen LogP contribution is 2.38. The molecule has 40 heavy (non-hydrogen) atoms. The maximum atomic E-state index is 13.2. The number of carbonyl (C=O) groups excluding carboxylic acids is 2. The molecule has 12 heteroatoms. The van der Waals surface area contributed by atoms with Crippen LogP contribution in [0.2, 0.25) is 0 Å². The van der Waals surface area contributed by atoms with Crippen molar-refractivity contribution in [1.82, 2.24) is 0 Å². The summed E-state index contributed by atoms with van der Waals surface area (Å²) in [6.07, 6.45) is -2.96. The van der Waals surface area contributed by atoms with Crippen LogP contribution in [0.3, 0.4) is 0 Å². The number of halogens is 3. The second-order valence-corrected chi connectivity index (χ2v) is 9.91. The van der Waals surface area contributed by atoms with Crippen molar-refractivity contribution < 1.29 is 37.0 Å². The molecule has 7 nitrogen and oxygen atoms in total. The average Bonchev–Trinajstić information content (AvgIpc) is 3.20. The minimum absolute atomic E-state index is 0.212. The minimum atomic E-state index is -4.62. The number of hydrogen-bond acceptors (Lipinski definition) is 7. The fraction of sp³-hybridized carbons (Fsp3) is 0.179. The highest BCUT2D eigenvalue weighted by Gasteiger charge is 2.34.